The summed E-state index contributed by atoms with van der Waals surface area (Å²) in [5.41, 5.74) is 0.0528. The van der Waals surface area contributed by atoms with Gasteiger partial charge in [0.15, 0.2) is 5.78 Å². The van der Waals surface area contributed by atoms with E-state index in [-0.39, 0.29) is 17.6 Å². The number of hydrogen-bond donors (Lipinski definition) is 0. The van der Waals surface area contributed by atoms with Gasteiger partial charge in [-0.25, -0.2) is 0 Å². The minimum atomic E-state index is 0.0528. The number of likely N-dealkylation sites (N-methyl/N-ethyl adjacent to an activating group) is 1. The summed E-state index contributed by atoms with van der Waals surface area (Å²) in [6.45, 7) is 1.84. The highest BCUT2D eigenvalue weighted by Gasteiger charge is 2.42. The lowest BCUT2D eigenvalue weighted by atomic mass is 9.74. The van der Waals surface area contributed by atoms with Gasteiger partial charge in [-0.1, -0.05) is 19.3 Å². The summed E-state index contributed by atoms with van der Waals surface area (Å²) in [6.07, 6.45) is 8.17. The Morgan fingerprint density at radius 1 is 1.30 bits per heavy atom. The Morgan fingerprint density at radius 3 is 2.85 bits per heavy atom. The van der Waals surface area contributed by atoms with Crippen LogP contribution >= 0.6 is 11.8 Å². The summed E-state index contributed by atoms with van der Waals surface area (Å²) in [7, 11) is 2.11. The van der Waals surface area contributed by atoms with Crippen molar-refractivity contribution < 1.29 is 9.53 Å². The molecule has 0 aromatic carbocycles. The molecular weight excluding hydrogens is 270 g/mol. The summed E-state index contributed by atoms with van der Waals surface area (Å²) in [5.74, 6) is 2.89. The highest BCUT2D eigenvalue weighted by atomic mass is 32.2. The van der Waals surface area contributed by atoms with E-state index >= 15 is 0 Å². The molecule has 20 heavy (non-hydrogen) atoms. The second-order valence-electron chi connectivity index (χ2n) is 6.76. The predicted molar refractivity (Wildman–Crippen MR) is 83.2 cm³/mol. The number of ether oxygens (including phenoxy) is 1. The molecule has 4 heteroatoms. The van der Waals surface area contributed by atoms with Gasteiger partial charge in [-0.15, -0.1) is 0 Å². The van der Waals surface area contributed by atoms with Crippen molar-refractivity contribution in [2.24, 2.45) is 5.92 Å². The quantitative estimate of drug-likeness (QED) is 0.784. The van der Waals surface area contributed by atoms with Crippen LogP contribution in [0, 0.1) is 5.92 Å². The van der Waals surface area contributed by atoms with Crippen LogP contribution in [-0.4, -0.2) is 54.0 Å². The molecule has 0 aromatic rings. The van der Waals surface area contributed by atoms with Gasteiger partial charge in [0.25, 0.3) is 0 Å². The fourth-order valence-corrected chi connectivity index (χ4v) is 5.30. The Labute approximate surface area is 126 Å². The lowest BCUT2D eigenvalue weighted by molar-refractivity contribution is -0.146. The normalized spacial score (nSPS) is 35.0. The van der Waals surface area contributed by atoms with Crippen LogP contribution in [-0.2, 0) is 9.53 Å². The van der Waals surface area contributed by atoms with Gasteiger partial charge in [-0.05, 0) is 32.7 Å². The third kappa shape index (κ3) is 3.07. The van der Waals surface area contributed by atoms with Gasteiger partial charge in [-0.3, -0.25) is 9.69 Å². The van der Waals surface area contributed by atoms with Crippen LogP contribution in [0.15, 0.2) is 0 Å². The molecule has 2 unspecified atom stereocenters. The maximum absolute atomic E-state index is 12.9. The van der Waals surface area contributed by atoms with Gasteiger partial charge in [0, 0.05) is 30.6 Å². The number of carbonyl (C=O) groups excluding carboxylic acids is 1. The number of ketones is 1. The molecule has 2 atom stereocenters. The Kier molecular flexibility index (Phi) is 4.73. The van der Waals surface area contributed by atoms with E-state index < -0.39 is 0 Å². The lowest BCUT2D eigenvalue weighted by Gasteiger charge is -2.44. The van der Waals surface area contributed by atoms with Crippen LogP contribution in [0.2, 0.25) is 0 Å². The van der Waals surface area contributed by atoms with Crippen molar-refractivity contribution in [2.75, 3.05) is 31.7 Å². The van der Waals surface area contributed by atoms with Crippen molar-refractivity contribution in [3.8, 4) is 0 Å². The first-order valence-electron chi connectivity index (χ1n) is 8.16. The molecule has 1 saturated carbocycles. The molecule has 0 radical (unpaired) electrons. The zero-order chi connectivity index (χ0) is 14.0. The van der Waals surface area contributed by atoms with Crippen LogP contribution < -0.4 is 0 Å². The molecule has 3 aliphatic rings. The molecule has 2 heterocycles. The zero-order valence-corrected chi connectivity index (χ0v) is 13.4. The van der Waals surface area contributed by atoms with E-state index in [9.17, 15) is 4.79 Å². The largest absolute Gasteiger partial charge is 0.375 e. The summed E-state index contributed by atoms with van der Waals surface area (Å²) >= 11 is 1.93. The van der Waals surface area contributed by atoms with Crippen molar-refractivity contribution in [1.29, 1.82) is 0 Å². The number of nitrogens with zero attached hydrogens (tertiary/aromatic N) is 1. The van der Waals surface area contributed by atoms with Gasteiger partial charge in [0.1, 0.15) is 0 Å². The van der Waals surface area contributed by atoms with Gasteiger partial charge in [0.2, 0.25) is 0 Å². The van der Waals surface area contributed by atoms with E-state index in [0.29, 0.717) is 5.78 Å². The van der Waals surface area contributed by atoms with Crippen molar-refractivity contribution in [1.82, 2.24) is 4.90 Å². The molecule has 3 nitrogen and oxygen atoms in total. The van der Waals surface area contributed by atoms with Crippen LogP contribution in [0.3, 0.4) is 0 Å². The van der Waals surface area contributed by atoms with Gasteiger partial charge in [-0.2, -0.15) is 11.8 Å². The third-order valence-electron chi connectivity index (χ3n) is 5.38. The number of rotatable bonds is 2. The SMILES string of the molecule is CN1CCSCC1C(=O)C1CCOC2(CCCCC2)C1. The highest BCUT2D eigenvalue weighted by Crippen LogP contribution is 2.41. The first-order chi connectivity index (χ1) is 9.70. The van der Waals surface area contributed by atoms with Crippen molar-refractivity contribution in [3.05, 3.63) is 0 Å². The fraction of sp³-hybridized carbons (Fsp3) is 0.938. The van der Waals surface area contributed by atoms with Crippen molar-refractivity contribution in [3.63, 3.8) is 0 Å². The second-order valence-corrected chi connectivity index (χ2v) is 7.91. The Morgan fingerprint density at radius 2 is 2.10 bits per heavy atom. The molecule has 0 N–H and O–H groups in total. The first-order valence-corrected chi connectivity index (χ1v) is 9.31. The van der Waals surface area contributed by atoms with Gasteiger partial charge < -0.3 is 4.74 Å². The Bertz CT molecular complexity index is 349. The molecule has 3 rings (SSSR count). The van der Waals surface area contributed by atoms with Crippen LogP contribution in [0.25, 0.3) is 0 Å². The average Bonchev–Trinajstić information content (AvgIpc) is 2.48. The first kappa shape index (κ1) is 14.9. The van der Waals surface area contributed by atoms with E-state index in [1.807, 2.05) is 11.8 Å². The zero-order valence-electron chi connectivity index (χ0n) is 12.6. The summed E-state index contributed by atoms with van der Waals surface area (Å²) < 4.78 is 6.13. The molecule has 1 spiro atoms. The molecule has 0 bridgehead atoms. The van der Waals surface area contributed by atoms with E-state index in [4.69, 9.17) is 4.74 Å². The topological polar surface area (TPSA) is 29.5 Å². The summed E-state index contributed by atoms with van der Waals surface area (Å²) in [6, 6.07) is 0.150. The standard InChI is InChI=1S/C16H27NO2S/c1-17-8-10-20-12-14(17)15(18)13-5-9-19-16(11-13)6-3-2-4-7-16/h13-14H,2-12H2,1H3. The number of Topliss-reactive ketones (excluding diaryl/α,β-unsaturated/α-hetero) is 1. The summed E-state index contributed by atoms with van der Waals surface area (Å²) in [5, 5.41) is 0. The molecule has 114 valence electrons. The maximum Gasteiger partial charge on any atom is 0.154 e. The number of carbonyl (C=O) groups is 1. The maximum atomic E-state index is 12.9. The molecule has 0 amide bonds. The van der Waals surface area contributed by atoms with Crippen LogP contribution in [0.5, 0.6) is 0 Å². The average molecular weight is 297 g/mol. The van der Waals surface area contributed by atoms with E-state index in [0.717, 1.165) is 37.5 Å². The smallest absolute Gasteiger partial charge is 0.154 e. The van der Waals surface area contributed by atoms with E-state index in [1.165, 1.54) is 32.1 Å². The lowest BCUT2D eigenvalue weighted by Crippen LogP contribution is -2.51. The molecule has 1 aliphatic carbocycles. The molecule has 0 aromatic heterocycles. The van der Waals surface area contributed by atoms with Gasteiger partial charge in [0.05, 0.1) is 11.6 Å². The Balaban J connectivity index is 1.65. The number of hydrogen-bond acceptors (Lipinski definition) is 4. The Hall–Kier alpha value is -0.0600. The minimum Gasteiger partial charge on any atom is -0.375 e. The molecular formula is C16H27NO2S. The second kappa shape index (κ2) is 6.37. The minimum absolute atomic E-state index is 0.0528. The predicted octanol–water partition coefficient (Wildman–Crippen LogP) is 2.73. The van der Waals surface area contributed by atoms with Crippen LogP contribution in [0.4, 0.5) is 0 Å². The van der Waals surface area contributed by atoms with Crippen LogP contribution in [0.1, 0.15) is 44.9 Å². The van der Waals surface area contributed by atoms with Crippen molar-refractivity contribution >= 4 is 17.5 Å². The number of thioether (sulfide) groups is 1. The monoisotopic (exact) mass is 297 g/mol. The van der Waals surface area contributed by atoms with E-state index in [2.05, 4.69) is 11.9 Å². The molecule has 2 saturated heterocycles. The molecule has 2 aliphatic heterocycles. The third-order valence-corrected chi connectivity index (χ3v) is 6.41. The van der Waals surface area contributed by atoms with Gasteiger partial charge >= 0.3 is 0 Å². The van der Waals surface area contributed by atoms with E-state index in [1.54, 1.807) is 0 Å². The van der Waals surface area contributed by atoms with Crippen molar-refractivity contribution in [2.45, 2.75) is 56.6 Å². The summed E-state index contributed by atoms with van der Waals surface area (Å²) in [4.78, 5) is 15.1. The molecule has 3 fully saturated rings. The fourth-order valence-electron chi connectivity index (χ4n) is 4.07. The highest BCUT2D eigenvalue weighted by molar-refractivity contribution is 7.99.